The van der Waals surface area contributed by atoms with Crippen LogP contribution in [-0.2, 0) is 6.54 Å². The maximum Gasteiger partial charge on any atom is 0.141 e. The molecule has 0 aliphatic heterocycles. The van der Waals surface area contributed by atoms with Crippen molar-refractivity contribution in [2.75, 3.05) is 6.61 Å². The van der Waals surface area contributed by atoms with Crippen molar-refractivity contribution in [1.29, 1.82) is 0 Å². The summed E-state index contributed by atoms with van der Waals surface area (Å²) in [4.78, 5) is 3.88. The SMILES string of the molecule is CCOc1cccc2c1ccn2Cc1cncc(F)c1. The third-order valence-corrected chi connectivity index (χ3v) is 3.19. The molecule has 0 aliphatic carbocycles. The fraction of sp³-hybridized carbons (Fsp3) is 0.188. The summed E-state index contributed by atoms with van der Waals surface area (Å²) in [6, 6.07) is 9.48. The summed E-state index contributed by atoms with van der Waals surface area (Å²) in [7, 11) is 0. The van der Waals surface area contributed by atoms with Gasteiger partial charge in [0.1, 0.15) is 11.6 Å². The van der Waals surface area contributed by atoms with Crippen molar-refractivity contribution in [1.82, 2.24) is 9.55 Å². The maximum absolute atomic E-state index is 13.2. The Morgan fingerprint density at radius 2 is 2.15 bits per heavy atom. The van der Waals surface area contributed by atoms with E-state index < -0.39 is 0 Å². The molecule has 0 saturated heterocycles. The number of aromatic nitrogens is 2. The predicted octanol–water partition coefficient (Wildman–Crippen LogP) is 3.62. The molecule has 0 unspecified atom stereocenters. The van der Waals surface area contributed by atoms with Crippen LogP contribution in [0.2, 0.25) is 0 Å². The van der Waals surface area contributed by atoms with Crippen LogP contribution >= 0.6 is 0 Å². The van der Waals surface area contributed by atoms with E-state index in [1.807, 2.05) is 37.4 Å². The highest BCUT2D eigenvalue weighted by atomic mass is 19.1. The molecule has 20 heavy (non-hydrogen) atoms. The number of rotatable bonds is 4. The van der Waals surface area contributed by atoms with Crippen LogP contribution in [-0.4, -0.2) is 16.2 Å². The van der Waals surface area contributed by atoms with E-state index in [0.717, 1.165) is 22.2 Å². The predicted molar refractivity (Wildman–Crippen MR) is 76.4 cm³/mol. The summed E-state index contributed by atoms with van der Waals surface area (Å²) in [5.74, 6) is 0.565. The summed E-state index contributed by atoms with van der Waals surface area (Å²) in [6.45, 7) is 3.19. The van der Waals surface area contributed by atoms with Gasteiger partial charge in [-0.2, -0.15) is 0 Å². The fourth-order valence-electron chi connectivity index (χ4n) is 2.35. The molecular formula is C16H15FN2O. The highest BCUT2D eigenvalue weighted by molar-refractivity contribution is 5.86. The normalized spacial score (nSPS) is 10.9. The van der Waals surface area contributed by atoms with E-state index in [-0.39, 0.29) is 5.82 Å². The summed E-state index contributed by atoms with van der Waals surface area (Å²) in [6.07, 6.45) is 4.88. The average Bonchev–Trinajstić information content (AvgIpc) is 2.84. The van der Waals surface area contributed by atoms with Gasteiger partial charge >= 0.3 is 0 Å². The maximum atomic E-state index is 13.2. The van der Waals surface area contributed by atoms with Crippen molar-refractivity contribution in [2.24, 2.45) is 0 Å². The number of nitrogens with zero attached hydrogens (tertiary/aromatic N) is 2. The van der Waals surface area contributed by atoms with E-state index >= 15 is 0 Å². The van der Waals surface area contributed by atoms with E-state index in [9.17, 15) is 4.39 Å². The molecule has 0 fully saturated rings. The van der Waals surface area contributed by atoms with Gasteiger partial charge in [-0.15, -0.1) is 0 Å². The van der Waals surface area contributed by atoms with Crippen molar-refractivity contribution >= 4 is 10.9 Å². The molecule has 0 aliphatic rings. The zero-order valence-corrected chi connectivity index (χ0v) is 11.2. The van der Waals surface area contributed by atoms with E-state index in [4.69, 9.17) is 4.74 Å². The van der Waals surface area contributed by atoms with Gasteiger partial charge in [0, 0.05) is 24.3 Å². The van der Waals surface area contributed by atoms with Gasteiger partial charge in [-0.1, -0.05) is 6.07 Å². The molecule has 0 N–H and O–H groups in total. The van der Waals surface area contributed by atoms with Gasteiger partial charge in [-0.25, -0.2) is 4.39 Å². The van der Waals surface area contributed by atoms with Crippen molar-refractivity contribution in [3.63, 3.8) is 0 Å². The van der Waals surface area contributed by atoms with Crippen LogP contribution < -0.4 is 4.74 Å². The Morgan fingerprint density at radius 1 is 1.25 bits per heavy atom. The van der Waals surface area contributed by atoms with Crippen molar-refractivity contribution < 1.29 is 9.13 Å². The van der Waals surface area contributed by atoms with E-state index in [1.165, 1.54) is 12.3 Å². The van der Waals surface area contributed by atoms with Crippen LogP contribution in [0.15, 0.2) is 48.9 Å². The van der Waals surface area contributed by atoms with Crippen LogP contribution in [0.5, 0.6) is 5.75 Å². The standard InChI is InChI=1S/C16H15FN2O/c1-2-20-16-5-3-4-15-14(16)6-7-19(15)11-12-8-13(17)10-18-9-12/h3-10H,2,11H2,1H3. The molecule has 0 spiro atoms. The monoisotopic (exact) mass is 270 g/mol. The van der Waals surface area contributed by atoms with Gasteiger partial charge in [0.25, 0.3) is 0 Å². The number of hydrogen-bond acceptors (Lipinski definition) is 2. The first kappa shape index (κ1) is 12.7. The van der Waals surface area contributed by atoms with Crippen LogP contribution in [0.1, 0.15) is 12.5 Å². The Morgan fingerprint density at radius 3 is 2.95 bits per heavy atom. The van der Waals surface area contributed by atoms with Gasteiger partial charge in [0.2, 0.25) is 0 Å². The quantitative estimate of drug-likeness (QED) is 0.724. The molecular weight excluding hydrogens is 255 g/mol. The molecule has 1 aromatic carbocycles. The third-order valence-electron chi connectivity index (χ3n) is 3.19. The largest absolute Gasteiger partial charge is 0.493 e. The lowest BCUT2D eigenvalue weighted by atomic mass is 10.2. The molecule has 3 nitrogen and oxygen atoms in total. The summed E-state index contributed by atoms with van der Waals surface area (Å²) in [5, 5.41) is 1.07. The lowest BCUT2D eigenvalue weighted by molar-refractivity contribution is 0.344. The van der Waals surface area contributed by atoms with Gasteiger partial charge in [0.15, 0.2) is 0 Å². The van der Waals surface area contributed by atoms with E-state index in [2.05, 4.69) is 9.55 Å². The lowest BCUT2D eigenvalue weighted by Crippen LogP contribution is -1.99. The summed E-state index contributed by atoms with van der Waals surface area (Å²) >= 11 is 0. The molecule has 0 radical (unpaired) electrons. The number of fused-ring (bicyclic) bond motifs is 1. The summed E-state index contributed by atoms with van der Waals surface area (Å²) < 4.78 is 20.9. The number of hydrogen-bond donors (Lipinski definition) is 0. The van der Waals surface area contributed by atoms with Crippen LogP contribution in [0.25, 0.3) is 10.9 Å². The highest BCUT2D eigenvalue weighted by Crippen LogP contribution is 2.27. The number of benzene rings is 1. The molecule has 4 heteroatoms. The Hall–Kier alpha value is -2.36. The first-order valence-electron chi connectivity index (χ1n) is 6.58. The van der Waals surface area contributed by atoms with E-state index in [1.54, 1.807) is 6.20 Å². The smallest absolute Gasteiger partial charge is 0.141 e. The second kappa shape index (κ2) is 5.33. The zero-order valence-electron chi connectivity index (χ0n) is 11.2. The first-order valence-corrected chi connectivity index (χ1v) is 6.58. The Balaban J connectivity index is 1.98. The molecule has 2 heterocycles. The topological polar surface area (TPSA) is 27.1 Å². The molecule has 0 amide bonds. The van der Waals surface area contributed by atoms with Gasteiger partial charge < -0.3 is 9.30 Å². The van der Waals surface area contributed by atoms with Crippen LogP contribution in [0, 0.1) is 5.82 Å². The minimum atomic E-state index is -0.311. The molecule has 0 atom stereocenters. The first-order chi connectivity index (χ1) is 9.78. The molecule has 102 valence electrons. The summed E-state index contributed by atoms with van der Waals surface area (Å²) in [5.41, 5.74) is 1.91. The fourth-order valence-corrected chi connectivity index (χ4v) is 2.35. The number of pyridine rings is 1. The second-order valence-electron chi connectivity index (χ2n) is 4.58. The van der Waals surface area contributed by atoms with Gasteiger partial charge in [-0.05, 0) is 36.8 Å². The molecule has 2 aromatic heterocycles. The lowest BCUT2D eigenvalue weighted by Gasteiger charge is -2.08. The van der Waals surface area contributed by atoms with Gasteiger partial charge in [-0.3, -0.25) is 4.98 Å². The Labute approximate surface area is 116 Å². The van der Waals surface area contributed by atoms with Crippen molar-refractivity contribution in [2.45, 2.75) is 13.5 Å². The van der Waals surface area contributed by atoms with Crippen LogP contribution in [0.3, 0.4) is 0 Å². The molecule has 0 saturated carbocycles. The van der Waals surface area contributed by atoms with Crippen molar-refractivity contribution in [3.05, 3.63) is 60.3 Å². The zero-order chi connectivity index (χ0) is 13.9. The number of halogens is 1. The second-order valence-corrected chi connectivity index (χ2v) is 4.58. The minimum Gasteiger partial charge on any atom is -0.493 e. The molecule has 3 rings (SSSR count). The van der Waals surface area contributed by atoms with Crippen molar-refractivity contribution in [3.8, 4) is 5.75 Å². The minimum absolute atomic E-state index is 0.311. The number of ether oxygens (including phenoxy) is 1. The molecule has 0 bridgehead atoms. The van der Waals surface area contributed by atoms with Crippen LogP contribution in [0.4, 0.5) is 4.39 Å². The molecule has 3 aromatic rings. The van der Waals surface area contributed by atoms with E-state index in [0.29, 0.717) is 13.2 Å². The Kier molecular flexibility index (Phi) is 3.37. The average molecular weight is 270 g/mol. The third kappa shape index (κ3) is 2.37. The van der Waals surface area contributed by atoms with Gasteiger partial charge in [0.05, 0.1) is 18.3 Å². The Bertz CT molecular complexity index is 736. The highest BCUT2D eigenvalue weighted by Gasteiger charge is 2.07.